The van der Waals surface area contributed by atoms with E-state index in [0.29, 0.717) is 16.5 Å². The topological polar surface area (TPSA) is 59.3 Å². The molecule has 27 heavy (non-hydrogen) atoms. The number of hydrogen-bond donors (Lipinski definition) is 1. The first kappa shape index (κ1) is 17.6. The first-order valence-electron chi connectivity index (χ1n) is 8.30. The van der Waals surface area contributed by atoms with Crippen LogP contribution in [0.15, 0.2) is 82.1 Å². The average molecular weight is 398 g/mol. The number of sulfonamides is 1. The van der Waals surface area contributed by atoms with Gasteiger partial charge in [-0.15, -0.1) is 0 Å². The molecular weight excluding hydrogens is 382 g/mol. The van der Waals surface area contributed by atoms with Crippen LogP contribution in [0.2, 0.25) is 5.02 Å². The highest BCUT2D eigenvalue weighted by atomic mass is 35.5. The lowest BCUT2D eigenvalue weighted by Gasteiger charge is -2.08. The fraction of sp³-hybridized carbons (Fsp3) is 0.0476. The molecule has 4 rings (SSSR count). The number of furan rings is 1. The Hall–Kier alpha value is -2.76. The highest BCUT2D eigenvalue weighted by Gasteiger charge is 2.14. The molecule has 1 aromatic heterocycles. The Morgan fingerprint density at radius 1 is 0.889 bits per heavy atom. The second kappa shape index (κ2) is 6.76. The van der Waals surface area contributed by atoms with E-state index in [1.54, 1.807) is 42.5 Å². The molecule has 0 saturated heterocycles. The number of anilines is 1. The smallest absolute Gasteiger partial charge is 0.261 e. The maximum Gasteiger partial charge on any atom is 0.261 e. The molecule has 0 radical (unpaired) electrons. The largest absolute Gasteiger partial charge is 0.456 e. The lowest BCUT2D eigenvalue weighted by atomic mass is 10.1. The summed E-state index contributed by atoms with van der Waals surface area (Å²) in [4.78, 5) is 0.228. The molecule has 4 aromatic rings. The number of hydrogen-bond acceptors (Lipinski definition) is 3. The van der Waals surface area contributed by atoms with E-state index in [2.05, 4.69) is 4.72 Å². The van der Waals surface area contributed by atoms with E-state index in [1.165, 1.54) is 0 Å². The monoisotopic (exact) mass is 397 g/mol. The van der Waals surface area contributed by atoms with Gasteiger partial charge < -0.3 is 4.42 Å². The first-order valence-corrected chi connectivity index (χ1v) is 10.2. The molecule has 0 atom stereocenters. The number of rotatable bonds is 4. The number of fused-ring (bicyclic) bond motifs is 1. The maximum atomic E-state index is 12.5. The Balaban J connectivity index is 1.58. The average Bonchev–Trinajstić information content (AvgIpc) is 3.05. The lowest BCUT2D eigenvalue weighted by Crippen LogP contribution is -2.12. The Kier molecular flexibility index (Phi) is 4.42. The van der Waals surface area contributed by atoms with Crippen molar-refractivity contribution in [3.8, 4) is 11.3 Å². The van der Waals surface area contributed by atoms with Gasteiger partial charge in [-0.2, -0.15) is 0 Å². The van der Waals surface area contributed by atoms with Crippen LogP contribution in [-0.4, -0.2) is 8.42 Å². The van der Waals surface area contributed by atoms with Crippen LogP contribution in [0.3, 0.4) is 0 Å². The zero-order chi connectivity index (χ0) is 19.0. The fourth-order valence-electron chi connectivity index (χ4n) is 2.79. The van der Waals surface area contributed by atoms with Crippen LogP contribution in [0.25, 0.3) is 22.3 Å². The van der Waals surface area contributed by atoms with Gasteiger partial charge >= 0.3 is 0 Å². The minimum absolute atomic E-state index is 0.228. The minimum atomic E-state index is -3.62. The Bertz CT molecular complexity index is 1210. The molecule has 4 nitrogen and oxygen atoms in total. The summed E-state index contributed by atoms with van der Waals surface area (Å²) in [7, 11) is -3.62. The van der Waals surface area contributed by atoms with E-state index < -0.39 is 10.0 Å². The molecule has 0 amide bonds. The fourth-order valence-corrected chi connectivity index (χ4v) is 4.03. The molecule has 0 bridgehead atoms. The zero-order valence-corrected chi connectivity index (χ0v) is 16.0. The van der Waals surface area contributed by atoms with Crippen LogP contribution in [0.5, 0.6) is 0 Å². The van der Waals surface area contributed by atoms with Crippen LogP contribution in [-0.2, 0) is 10.0 Å². The summed E-state index contributed by atoms with van der Waals surface area (Å²) in [5.74, 6) is 0.695. The van der Waals surface area contributed by atoms with Crippen molar-refractivity contribution in [2.45, 2.75) is 11.8 Å². The molecule has 136 valence electrons. The highest BCUT2D eigenvalue weighted by molar-refractivity contribution is 7.92. The van der Waals surface area contributed by atoms with E-state index in [9.17, 15) is 8.42 Å². The van der Waals surface area contributed by atoms with Crippen LogP contribution in [0.1, 0.15) is 5.56 Å². The van der Waals surface area contributed by atoms with Crippen molar-refractivity contribution in [2.24, 2.45) is 0 Å². The standard InChI is InChI=1S/C21H16ClNO3S/c1-14-2-9-19(10-3-14)27(24,25)23-18-7-4-15(5-8-18)21-13-16-12-17(22)6-11-20(16)26-21/h2-13,23H,1H3. The SMILES string of the molecule is Cc1ccc(S(=O)(=O)Nc2ccc(-c3cc4cc(Cl)ccc4o3)cc2)cc1. The summed E-state index contributed by atoms with van der Waals surface area (Å²) in [6.07, 6.45) is 0. The van der Waals surface area contributed by atoms with E-state index in [-0.39, 0.29) is 4.90 Å². The van der Waals surface area contributed by atoms with E-state index >= 15 is 0 Å². The van der Waals surface area contributed by atoms with Gasteiger partial charge in [0.1, 0.15) is 11.3 Å². The maximum absolute atomic E-state index is 12.5. The third kappa shape index (κ3) is 3.70. The minimum Gasteiger partial charge on any atom is -0.456 e. The van der Waals surface area contributed by atoms with Crippen molar-refractivity contribution >= 4 is 38.3 Å². The van der Waals surface area contributed by atoms with Gasteiger partial charge in [0.25, 0.3) is 10.0 Å². The van der Waals surface area contributed by atoms with Crippen molar-refractivity contribution in [1.82, 2.24) is 0 Å². The summed E-state index contributed by atoms with van der Waals surface area (Å²) in [6, 6.07) is 21.1. The molecule has 0 aliphatic carbocycles. The van der Waals surface area contributed by atoms with Gasteiger partial charge in [0.2, 0.25) is 0 Å². The van der Waals surface area contributed by atoms with Crippen molar-refractivity contribution in [2.75, 3.05) is 4.72 Å². The highest BCUT2D eigenvalue weighted by Crippen LogP contribution is 2.30. The predicted molar refractivity (Wildman–Crippen MR) is 109 cm³/mol. The number of halogens is 1. The number of nitrogens with one attached hydrogen (secondary N) is 1. The first-order chi connectivity index (χ1) is 12.9. The number of aryl methyl sites for hydroxylation is 1. The molecule has 0 fully saturated rings. The quantitative estimate of drug-likeness (QED) is 0.469. The van der Waals surface area contributed by atoms with Gasteiger partial charge in [0, 0.05) is 21.7 Å². The van der Waals surface area contributed by atoms with Crippen LogP contribution in [0, 0.1) is 6.92 Å². The van der Waals surface area contributed by atoms with E-state index in [0.717, 1.165) is 22.1 Å². The summed E-state index contributed by atoms with van der Waals surface area (Å²) < 4.78 is 33.4. The van der Waals surface area contributed by atoms with Gasteiger partial charge in [-0.1, -0.05) is 29.3 Å². The van der Waals surface area contributed by atoms with Crippen LogP contribution < -0.4 is 4.72 Å². The molecule has 3 aromatic carbocycles. The lowest BCUT2D eigenvalue weighted by molar-refractivity contribution is 0.601. The molecule has 1 heterocycles. The Morgan fingerprint density at radius 3 is 2.30 bits per heavy atom. The van der Waals surface area contributed by atoms with Crippen LogP contribution >= 0.6 is 11.6 Å². The second-order valence-electron chi connectivity index (χ2n) is 6.29. The molecule has 1 N–H and O–H groups in total. The van der Waals surface area contributed by atoms with Crippen LogP contribution in [0.4, 0.5) is 5.69 Å². The normalized spacial score (nSPS) is 11.6. The number of benzene rings is 3. The van der Waals surface area contributed by atoms with Crippen molar-refractivity contribution in [1.29, 1.82) is 0 Å². The van der Waals surface area contributed by atoms with Gasteiger partial charge in [0.15, 0.2) is 0 Å². The van der Waals surface area contributed by atoms with Gasteiger partial charge in [0.05, 0.1) is 4.90 Å². The Morgan fingerprint density at radius 2 is 1.59 bits per heavy atom. The molecular formula is C21H16ClNO3S. The van der Waals surface area contributed by atoms with Crippen molar-refractivity contribution < 1.29 is 12.8 Å². The van der Waals surface area contributed by atoms with Gasteiger partial charge in [-0.25, -0.2) is 8.42 Å². The van der Waals surface area contributed by atoms with Crippen molar-refractivity contribution in [3.05, 3.63) is 83.4 Å². The molecule has 6 heteroatoms. The molecule has 0 spiro atoms. The second-order valence-corrected chi connectivity index (χ2v) is 8.41. The summed E-state index contributed by atoms with van der Waals surface area (Å²) in [5, 5.41) is 1.57. The predicted octanol–water partition coefficient (Wildman–Crippen LogP) is 5.86. The van der Waals surface area contributed by atoms with E-state index in [4.69, 9.17) is 16.0 Å². The van der Waals surface area contributed by atoms with Gasteiger partial charge in [-0.3, -0.25) is 4.72 Å². The summed E-state index contributed by atoms with van der Waals surface area (Å²) in [6.45, 7) is 1.91. The third-order valence-electron chi connectivity index (χ3n) is 4.23. The molecule has 0 unspecified atom stereocenters. The molecule has 0 aliphatic heterocycles. The Labute approximate surface area is 162 Å². The van der Waals surface area contributed by atoms with Gasteiger partial charge in [-0.05, 0) is 67.6 Å². The zero-order valence-electron chi connectivity index (χ0n) is 14.4. The molecule has 0 saturated carbocycles. The third-order valence-corrected chi connectivity index (χ3v) is 5.86. The summed E-state index contributed by atoms with van der Waals surface area (Å²) in [5.41, 5.74) is 3.09. The van der Waals surface area contributed by atoms with Crippen molar-refractivity contribution in [3.63, 3.8) is 0 Å². The van der Waals surface area contributed by atoms with E-state index in [1.807, 2.05) is 37.3 Å². The molecule has 0 aliphatic rings. The summed E-state index contributed by atoms with van der Waals surface area (Å²) >= 11 is 6.01.